The van der Waals surface area contributed by atoms with Crippen LogP contribution < -0.4 is 0 Å². The monoisotopic (exact) mass is 727 g/mol. The van der Waals surface area contributed by atoms with E-state index in [0.29, 0.717) is 5.82 Å². The highest BCUT2D eigenvalue weighted by molar-refractivity contribution is 6.01. The largest absolute Gasteiger partial charge is 0.258 e. The molecule has 2 aromatic heterocycles. The molecule has 0 atom stereocenters. The summed E-state index contributed by atoms with van der Waals surface area (Å²) in [5, 5.41) is 0. The molecule has 0 saturated heterocycles. The molecule has 0 amide bonds. The first-order chi connectivity index (χ1) is 28.1. The molecule has 0 N–H and O–H groups in total. The number of nitrogens with zero attached hydrogens (tertiary/aromatic N) is 3. The fourth-order valence-electron chi connectivity index (χ4n) is 9.57. The van der Waals surface area contributed by atoms with Gasteiger partial charge in [-0.05, 0) is 93.2 Å². The highest BCUT2D eigenvalue weighted by Gasteiger charge is 2.52. The van der Waals surface area contributed by atoms with Crippen LogP contribution in [0.25, 0.3) is 78.4 Å². The van der Waals surface area contributed by atoms with Gasteiger partial charge in [0.1, 0.15) is 0 Å². The van der Waals surface area contributed by atoms with Gasteiger partial charge in [0.05, 0.1) is 16.8 Å². The molecule has 57 heavy (non-hydrogen) atoms. The molecule has 0 unspecified atom stereocenters. The van der Waals surface area contributed by atoms with Crippen molar-refractivity contribution < 1.29 is 0 Å². The molecule has 7 aromatic carbocycles. The minimum Gasteiger partial charge on any atom is -0.258 e. The average molecular weight is 728 g/mol. The topological polar surface area (TPSA) is 38.7 Å². The number of rotatable bonds is 5. The van der Waals surface area contributed by atoms with Crippen molar-refractivity contribution in [1.82, 2.24) is 15.0 Å². The Kier molecular flexibility index (Phi) is 7.52. The predicted molar refractivity (Wildman–Crippen MR) is 233 cm³/mol. The van der Waals surface area contributed by atoms with Gasteiger partial charge in [-0.1, -0.05) is 170 Å². The van der Waals surface area contributed by atoms with Crippen molar-refractivity contribution in [2.75, 3.05) is 0 Å². The molecule has 3 nitrogen and oxygen atoms in total. The summed E-state index contributed by atoms with van der Waals surface area (Å²) in [6.45, 7) is 4.17. The smallest absolute Gasteiger partial charge is 0.160 e. The predicted octanol–water partition coefficient (Wildman–Crippen LogP) is 13.2. The second-order valence-corrected chi connectivity index (χ2v) is 15.2. The fraction of sp³-hybridized carbons (Fsp3) is 0.0556. The van der Waals surface area contributed by atoms with Crippen molar-refractivity contribution in [3.8, 4) is 78.4 Å². The summed E-state index contributed by atoms with van der Waals surface area (Å²) in [5.41, 5.74) is 21.4. The molecular weight excluding hydrogens is 691 g/mol. The molecule has 11 rings (SSSR count). The number of aromatic nitrogens is 3. The number of pyridine rings is 1. The van der Waals surface area contributed by atoms with Gasteiger partial charge < -0.3 is 0 Å². The van der Waals surface area contributed by atoms with Crippen molar-refractivity contribution in [3.05, 3.63) is 222 Å². The first kappa shape index (κ1) is 33.1. The van der Waals surface area contributed by atoms with Crippen LogP contribution in [0.3, 0.4) is 0 Å². The number of hydrogen-bond acceptors (Lipinski definition) is 3. The molecule has 1 spiro atoms. The molecular formula is C54H37N3. The molecule has 3 heteroatoms. The molecule has 0 fully saturated rings. The Morgan fingerprint density at radius 1 is 0.333 bits per heavy atom. The zero-order valence-electron chi connectivity index (χ0n) is 31.7. The first-order valence-corrected chi connectivity index (χ1v) is 19.6. The van der Waals surface area contributed by atoms with Crippen LogP contribution in [0.2, 0.25) is 0 Å². The van der Waals surface area contributed by atoms with Crippen LogP contribution in [-0.2, 0) is 5.41 Å². The van der Waals surface area contributed by atoms with Gasteiger partial charge in [0.15, 0.2) is 5.82 Å². The van der Waals surface area contributed by atoms with Crippen LogP contribution in [0.1, 0.15) is 33.6 Å². The van der Waals surface area contributed by atoms with Gasteiger partial charge in [0.25, 0.3) is 0 Å². The Labute approximate surface area is 333 Å². The fourth-order valence-corrected chi connectivity index (χ4v) is 9.57. The summed E-state index contributed by atoms with van der Waals surface area (Å²) in [6.07, 6.45) is 0. The molecule has 0 bridgehead atoms. The normalized spacial score (nSPS) is 12.9. The number of aryl methyl sites for hydroxylation is 2. The minimum atomic E-state index is -0.530. The zero-order chi connectivity index (χ0) is 38.1. The van der Waals surface area contributed by atoms with Crippen molar-refractivity contribution in [2.24, 2.45) is 0 Å². The van der Waals surface area contributed by atoms with Crippen molar-refractivity contribution >= 4 is 0 Å². The van der Waals surface area contributed by atoms with E-state index in [2.05, 4.69) is 190 Å². The Morgan fingerprint density at radius 2 is 0.895 bits per heavy atom. The molecule has 0 radical (unpaired) electrons. The van der Waals surface area contributed by atoms with Gasteiger partial charge in [0.2, 0.25) is 0 Å². The molecule has 268 valence electrons. The third-order valence-electron chi connectivity index (χ3n) is 12.0. The maximum atomic E-state index is 5.36. The maximum Gasteiger partial charge on any atom is 0.160 e. The molecule has 0 aliphatic heterocycles. The molecule has 2 heterocycles. The Bertz CT molecular complexity index is 2930. The van der Waals surface area contributed by atoms with E-state index in [9.17, 15) is 0 Å². The SMILES string of the molecule is Cc1ccc(-c2ccccc2-c2ccc3c(c2)C2(c4ccccc4-c4ccccc42)c2cccc(-c4cc(-c5ccccc5)nc(-c5ccccc5)n4)c2-3)c(C)n1. The average Bonchev–Trinajstić information content (AvgIpc) is 3.74. The maximum absolute atomic E-state index is 5.36. The lowest BCUT2D eigenvalue weighted by molar-refractivity contribution is 0.794. The van der Waals surface area contributed by atoms with E-state index in [1.54, 1.807) is 0 Å². The minimum absolute atomic E-state index is 0.530. The number of hydrogen-bond donors (Lipinski definition) is 0. The van der Waals surface area contributed by atoms with Crippen molar-refractivity contribution in [3.63, 3.8) is 0 Å². The summed E-state index contributed by atoms with van der Waals surface area (Å²) < 4.78 is 0. The first-order valence-electron chi connectivity index (χ1n) is 19.6. The van der Waals surface area contributed by atoms with E-state index in [4.69, 9.17) is 15.0 Å². The quantitative estimate of drug-likeness (QED) is 0.177. The molecule has 0 saturated carbocycles. The molecule has 9 aromatic rings. The summed E-state index contributed by atoms with van der Waals surface area (Å²) in [7, 11) is 0. The highest BCUT2D eigenvalue weighted by atomic mass is 14.9. The zero-order valence-corrected chi connectivity index (χ0v) is 31.7. The van der Waals surface area contributed by atoms with E-state index >= 15 is 0 Å². The van der Waals surface area contributed by atoms with Gasteiger partial charge in [-0.2, -0.15) is 0 Å². The standard InChI is InChI=1S/C54H37N3/c1-34-28-30-39(35(2)55-34)41-21-10-9-20-40(41)38-29-31-44-49(32-38)54(46-25-13-11-22-42(46)43-23-12-14-26-47(43)54)48-27-15-24-45(52(44)48)51-33-50(36-16-5-3-6-17-36)56-53(57-51)37-18-7-4-8-19-37/h3-33H,1-2H3. The molecule has 2 aliphatic rings. The van der Waals surface area contributed by atoms with Crippen LogP contribution in [0.15, 0.2) is 188 Å². The lowest BCUT2D eigenvalue weighted by Gasteiger charge is -2.31. The Morgan fingerprint density at radius 3 is 1.60 bits per heavy atom. The van der Waals surface area contributed by atoms with Gasteiger partial charge >= 0.3 is 0 Å². The van der Waals surface area contributed by atoms with Crippen LogP contribution in [0.4, 0.5) is 0 Å². The molecule has 2 aliphatic carbocycles. The lowest BCUT2D eigenvalue weighted by atomic mass is 9.70. The van der Waals surface area contributed by atoms with Gasteiger partial charge in [-0.3, -0.25) is 4.98 Å². The highest BCUT2D eigenvalue weighted by Crippen LogP contribution is 2.64. The van der Waals surface area contributed by atoms with Crippen LogP contribution in [-0.4, -0.2) is 15.0 Å². The van der Waals surface area contributed by atoms with E-state index in [0.717, 1.165) is 45.0 Å². The summed E-state index contributed by atoms with van der Waals surface area (Å²) in [6, 6.07) is 68.0. The van der Waals surface area contributed by atoms with E-state index in [-0.39, 0.29) is 0 Å². The third kappa shape index (κ3) is 5.02. The number of fused-ring (bicyclic) bond motifs is 10. The van der Waals surface area contributed by atoms with Crippen LogP contribution in [0.5, 0.6) is 0 Å². The second kappa shape index (κ2) is 12.9. The van der Waals surface area contributed by atoms with Crippen molar-refractivity contribution in [1.29, 1.82) is 0 Å². The van der Waals surface area contributed by atoms with E-state index < -0.39 is 5.41 Å². The lowest BCUT2D eigenvalue weighted by Crippen LogP contribution is -2.25. The van der Waals surface area contributed by atoms with Gasteiger partial charge in [-0.15, -0.1) is 0 Å². The summed E-state index contributed by atoms with van der Waals surface area (Å²) in [5.74, 6) is 0.710. The Balaban J connectivity index is 1.21. The van der Waals surface area contributed by atoms with Crippen molar-refractivity contribution in [2.45, 2.75) is 19.3 Å². The van der Waals surface area contributed by atoms with Gasteiger partial charge in [-0.25, -0.2) is 9.97 Å². The van der Waals surface area contributed by atoms with Crippen LogP contribution >= 0.6 is 0 Å². The van der Waals surface area contributed by atoms with E-state index in [1.165, 1.54) is 61.2 Å². The van der Waals surface area contributed by atoms with Crippen LogP contribution in [0, 0.1) is 13.8 Å². The Hall–Kier alpha value is -7.23. The number of benzene rings is 7. The third-order valence-corrected chi connectivity index (χ3v) is 12.0. The van der Waals surface area contributed by atoms with Gasteiger partial charge in [0, 0.05) is 33.6 Å². The summed E-state index contributed by atoms with van der Waals surface area (Å²) >= 11 is 0. The van der Waals surface area contributed by atoms with E-state index in [1.807, 2.05) is 12.1 Å². The summed E-state index contributed by atoms with van der Waals surface area (Å²) in [4.78, 5) is 15.4. The second-order valence-electron chi connectivity index (χ2n) is 15.2.